The maximum Gasteiger partial charge on any atom is 0.181 e. The molecule has 0 aliphatic rings. The molecule has 0 amide bonds. The van der Waals surface area contributed by atoms with Gasteiger partial charge in [0.25, 0.3) is 0 Å². The van der Waals surface area contributed by atoms with Crippen LogP contribution in [0.1, 0.15) is 15.9 Å². The molecule has 0 N–H and O–H groups in total. The molecule has 0 fully saturated rings. The molecule has 5 heteroatoms. The van der Waals surface area contributed by atoms with Gasteiger partial charge >= 0.3 is 0 Å². The van der Waals surface area contributed by atoms with Gasteiger partial charge in [-0.15, -0.1) is 11.6 Å². The predicted molar refractivity (Wildman–Crippen MR) is 46.1 cm³/mol. The molecular formula is C9H4ClF2NO. The van der Waals surface area contributed by atoms with E-state index in [0.29, 0.717) is 0 Å². The smallest absolute Gasteiger partial charge is 0.181 e. The van der Waals surface area contributed by atoms with Gasteiger partial charge in [0.05, 0.1) is 11.4 Å². The molecule has 0 aliphatic heterocycles. The SMILES string of the molecule is N#Cc1c(F)ccc(F)c1C(=O)CCl. The van der Waals surface area contributed by atoms with Gasteiger partial charge in [0.2, 0.25) is 0 Å². The molecule has 0 spiro atoms. The van der Waals surface area contributed by atoms with E-state index in [9.17, 15) is 13.6 Å². The van der Waals surface area contributed by atoms with E-state index in [4.69, 9.17) is 16.9 Å². The molecule has 0 radical (unpaired) electrons. The minimum Gasteiger partial charge on any atom is -0.293 e. The third-order valence-electron chi connectivity index (χ3n) is 1.62. The number of nitriles is 1. The molecule has 2 nitrogen and oxygen atoms in total. The minimum atomic E-state index is -0.936. The molecule has 1 rings (SSSR count). The largest absolute Gasteiger partial charge is 0.293 e. The molecule has 1 aromatic rings. The van der Waals surface area contributed by atoms with E-state index in [0.717, 1.165) is 12.1 Å². The summed E-state index contributed by atoms with van der Waals surface area (Å²) in [4.78, 5) is 11.1. The van der Waals surface area contributed by atoms with Crippen LogP contribution in [0.2, 0.25) is 0 Å². The Morgan fingerprint density at radius 2 is 2.00 bits per heavy atom. The summed E-state index contributed by atoms with van der Waals surface area (Å²) < 4.78 is 26.0. The lowest BCUT2D eigenvalue weighted by Crippen LogP contribution is -2.08. The monoisotopic (exact) mass is 215 g/mol. The second-order valence-corrected chi connectivity index (χ2v) is 2.72. The van der Waals surface area contributed by atoms with Crippen LogP contribution < -0.4 is 0 Å². The first-order valence-electron chi connectivity index (χ1n) is 3.59. The van der Waals surface area contributed by atoms with Crippen LogP contribution >= 0.6 is 11.6 Å². The van der Waals surface area contributed by atoms with Gasteiger partial charge in [0.15, 0.2) is 5.78 Å². The zero-order valence-electron chi connectivity index (χ0n) is 6.85. The van der Waals surface area contributed by atoms with Crippen molar-refractivity contribution in [2.24, 2.45) is 0 Å². The van der Waals surface area contributed by atoms with E-state index in [-0.39, 0.29) is 0 Å². The summed E-state index contributed by atoms with van der Waals surface area (Å²) >= 11 is 5.19. The molecule has 0 saturated carbocycles. The van der Waals surface area contributed by atoms with E-state index < -0.39 is 34.4 Å². The number of rotatable bonds is 2. The lowest BCUT2D eigenvalue weighted by Gasteiger charge is -2.02. The summed E-state index contributed by atoms with van der Waals surface area (Å²) in [5.41, 5.74) is -1.18. The number of Topliss-reactive ketones (excluding diaryl/α,β-unsaturated/α-hetero) is 1. The van der Waals surface area contributed by atoms with Crippen LogP contribution in [-0.2, 0) is 0 Å². The Morgan fingerprint density at radius 1 is 1.43 bits per heavy atom. The van der Waals surface area contributed by atoms with E-state index in [2.05, 4.69) is 0 Å². The predicted octanol–water partition coefficient (Wildman–Crippen LogP) is 2.26. The van der Waals surface area contributed by atoms with Crippen molar-refractivity contribution in [3.63, 3.8) is 0 Å². The van der Waals surface area contributed by atoms with Crippen molar-refractivity contribution in [2.45, 2.75) is 0 Å². The van der Waals surface area contributed by atoms with Crippen LogP contribution in [0.5, 0.6) is 0 Å². The molecule has 72 valence electrons. The van der Waals surface area contributed by atoms with Crippen molar-refractivity contribution in [3.05, 3.63) is 34.9 Å². The second-order valence-electron chi connectivity index (χ2n) is 2.45. The Hall–Kier alpha value is -1.47. The minimum absolute atomic E-state index is 0.491. The molecule has 0 atom stereocenters. The Morgan fingerprint density at radius 3 is 2.50 bits per heavy atom. The van der Waals surface area contributed by atoms with Crippen molar-refractivity contribution >= 4 is 17.4 Å². The Bertz CT molecular complexity index is 426. The highest BCUT2D eigenvalue weighted by Crippen LogP contribution is 2.17. The highest BCUT2D eigenvalue weighted by molar-refractivity contribution is 6.30. The second kappa shape index (κ2) is 4.16. The van der Waals surface area contributed by atoms with Crippen molar-refractivity contribution < 1.29 is 13.6 Å². The first-order valence-corrected chi connectivity index (χ1v) is 4.12. The fourth-order valence-corrected chi connectivity index (χ4v) is 1.13. The molecule has 14 heavy (non-hydrogen) atoms. The van der Waals surface area contributed by atoms with Gasteiger partial charge in [-0.25, -0.2) is 8.78 Å². The maximum atomic E-state index is 13.1. The third-order valence-corrected chi connectivity index (χ3v) is 1.86. The Kier molecular flexibility index (Phi) is 3.15. The molecule has 0 aliphatic carbocycles. The van der Waals surface area contributed by atoms with Gasteiger partial charge < -0.3 is 0 Å². The fourth-order valence-electron chi connectivity index (χ4n) is 1.00. The van der Waals surface area contributed by atoms with E-state index >= 15 is 0 Å². The highest BCUT2D eigenvalue weighted by Gasteiger charge is 2.19. The van der Waals surface area contributed by atoms with Gasteiger partial charge in [0, 0.05) is 0 Å². The summed E-state index contributed by atoms with van der Waals surface area (Å²) in [6.07, 6.45) is 0. The molecular weight excluding hydrogens is 212 g/mol. The Labute approximate surface area is 83.7 Å². The number of hydrogen-bond donors (Lipinski definition) is 0. The fraction of sp³-hybridized carbons (Fsp3) is 0.111. The standard InChI is InChI=1S/C9H4ClF2NO/c10-3-8(14)9-5(4-13)6(11)1-2-7(9)12/h1-2H,3H2. The summed E-state index contributed by atoms with van der Waals surface area (Å²) in [7, 11) is 0. The normalized spacial score (nSPS) is 9.57. The lowest BCUT2D eigenvalue weighted by atomic mass is 10.0. The quantitative estimate of drug-likeness (QED) is 0.561. The number of carbonyl (C=O) groups excluding carboxylic acids is 1. The third kappa shape index (κ3) is 1.73. The van der Waals surface area contributed by atoms with E-state index in [1.54, 1.807) is 0 Å². The number of halogens is 3. The first-order chi connectivity index (χ1) is 6.61. The number of hydrogen-bond acceptors (Lipinski definition) is 2. The van der Waals surface area contributed by atoms with Crippen molar-refractivity contribution in [3.8, 4) is 6.07 Å². The molecule has 0 bridgehead atoms. The van der Waals surface area contributed by atoms with Crippen molar-refractivity contribution in [1.82, 2.24) is 0 Å². The van der Waals surface area contributed by atoms with Crippen LogP contribution in [0.3, 0.4) is 0 Å². The van der Waals surface area contributed by atoms with Gasteiger partial charge in [0.1, 0.15) is 23.3 Å². The number of ketones is 1. The van der Waals surface area contributed by atoms with Crippen LogP contribution in [0.4, 0.5) is 8.78 Å². The number of nitrogens with zero attached hydrogens (tertiary/aromatic N) is 1. The summed E-state index contributed by atoms with van der Waals surface area (Å²) in [6.45, 7) is 0. The number of alkyl halides is 1. The highest BCUT2D eigenvalue weighted by atomic mass is 35.5. The zero-order chi connectivity index (χ0) is 10.7. The first kappa shape index (κ1) is 10.6. The van der Waals surface area contributed by atoms with Crippen LogP contribution in [-0.4, -0.2) is 11.7 Å². The lowest BCUT2D eigenvalue weighted by molar-refractivity contribution is 0.101. The van der Waals surface area contributed by atoms with E-state index in [1.165, 1.54) is 6.07 Å². The van der Waals surface area contributed by atoms with Crippen molar-refractivity contribution in [1.29, 1.82) is 5.26 Å². The molecule has 0 heterocycles. The number of carbonyl (C=O) groups is 1. The summed E-state index contributed by atoms with van der Waals surface area (Å²) in [5, 5.41) is 8.52. The van der Waals surface area contributed by atoms with Gasteiger partial charge in [-0.3, -0.25) is 4.79 Å². The molecule has 0 unspecified atom stereocenters. The van der Waals surface area contributed by atoms with Crippen molar-refractivity contribution in [2.75, 3.05) is 5.88 Å². The van der Waals surface area contributed by atoms with E-state index in [1.807, 2.05) is 0 Å². The van der Waals surface area contributed by atoms with Gasteiger partial charge in [-0.1, -0.05) is 0 Å². The van der Waals surface area contributed by atoms with Crippen LogP contribution in [0, 0.1) is 23.0 Å². The Balaban J connectivity index is 3.47. The summed E-state index contributed by atoms with van der Waals surface area (Å²) in [5.74, 6) is -3.16. The number of benzene rings is 1. The molecule has 0 saturated heterocycles. The van der Waals surface area contributed by atoms with Gasteiger partial charge in [-0.2, -0.15) is 5.26 Å². The van der Waals surface area contributed by atoms with Gasteiger partial charge in [-0.05, 0) is 12.1 Å². The average Bonchev–Trinajstić information content (AvgIpc) is 2.19. The topological polar surface area (TPSA) is 40.9 Å². The molecule has 1 aromatic carbocycles. The summed E-state index contributed by atoms with van der Waals surface area (Å²) in [6, 6.07) is 3.00. The maximum absolute atomic E-state index is 13.1. The molecule has 0 aromatic heterocycles. The average molecular weight is 216 g/mol. The zero-order valence-corrected chi connectivity index (χ0v) is 7.61. The van der Waals surface area contributed by atoms with Crippen LogP contribution in [0.25, 0.3) is 0 Å². The van der Waals surface area contributed by atoms with Crippen LogP contribution in [0.15, 0.2) is 12.1 Å².